The van der Waals surface area contributed by atoms with Gasteiger partial charge in [0.15, 0.2) is 0 Å². The Kier molecular flexibility index (Phi) is 3.74. The highest BCUT2D eigenvalue weighted by molar-refractivity contribution is 7.85. The van der Waals surface area contributed by atoms with Gasteiger partial charge < -0.3 is 9.84 Å². The van der Waals surface area contributed by atoms with E-state index in [1.165, 1.54) is 0 Å². The number of hydrogen-bond donors (Lipinski definition) is 1. The summed E-state index contributed by atoms with van der Waals surface area (Å²) in [5.41, 5.74) is 1.15. The number of benzene rings is 1. The van der Waals surface area contributed by atoms with E-state index in [4.69, 9.17) is 4.74 Å². The molecule has 1 aromatic carbocycles. The lowest BCUT2D eigenvalue weighted by molar-refractivity contribution is 0.174. The van der Waals surface area contributed by atoms with Crippen molar-refractivity contribution in [3.63, 3.8) is 0 Å². The molecule has 16 heavy (non-hydrogen) atoms. The zero-order valence-corrected chi connectivity index (χ0v) is 10.1. The molecule has 1 heterocycles. The van der Waals surface area contributed by atoms with Gasteiger partial charge in [-0.1, -0.05) is 17.7 Å². The minimum absolute atomic E-state index is 0.185. The van der Waals surface area contributed by atoms with E-state index in [0.29, 0.717) is 12.2 Å². The highest BCUT2D eigenvalue weighted by Crippen LogP contribution is 2.17. The van der Waals surface area contributed by atoms with Crippen LogP contribution in [0.3, 0.4) is 0 Å². The van der Waals surface area contributed by atoms with Crippen LogP contribution in [0.15, 0.2) is 29.2 Å². The maximum absolute atomic E-state index is 11.9. The molecule has 1 aliphatic rings. The monoisotopic (exact) mass is 240 g/mol. The van der Waals surface area contributed by atoms with Gasteiger partial charge in [-0.15, -0.1) is 0 Å². The highest BCUT2D eigenvalue weighted by atomic mass is 32.2. The van der Waals surface area contributed by atoms with Gasteiger partial charge in [0.25, 0.3) is 0 Å². The fourth-order valence-corrected chi connectivity index (χ4v) is 2.65. The second-order valence-corrected chi connectivity index (χ2v) is 5.67. The number of aliphatic hydroxyl groups is 1. The van der Waals surface area contributed by atoms with Crippen molar-refractivity contribution in [2.45, 2.75) is 30.4 Å². The van der Waals surface area contributed by atoms with Crippen LogP contribution in [0, 0.1) is 6.92 Å². The van der Waals surface area contributed by atoms with Crippen molar-refractivity contribution in [1.82, 2.24) is 0 Å². The van der Waals surface area contributed by atoms with Gasteiger partial charge in [-0.3, -0.25) is 4.21 Å². The molecule has 0 bridgehead atoms. The Hall–Kier alpha value is -0.710. The molecule has 88 valence electrons. The third kappa shape index (κ3) is 3.40. The lowest BCUT2D eigenvalue weighted by atomic mass is 10.2. The minimum atomic E-state index is -1.12. The van der Waals surface area contributed by atoms with Gasteiger partial charge in [-0.05, 0) is 19.1 Å². The zero-order valence-electron chi connectivity index (χ0n) is 9.26. The molecular weight excluding hydrogens is 224 g/mol. The van der Waals surface area contributed by atoms with Crippen LogP contribution in [-0.2, 0) is 15.5 Å². The number of rotatable bonds is 5. The molecule has 0 radical (unpaired) electrons. The molecule has 0 aromatic heterocycles. The van der Waals surface area contributed by atoms with Gasteiger partial charge in [-0.25, -0.2) is 0 Å². The molecular formula is C12H16O3S. The minimum Gasteiger partial charge on any atom is -0.392 e. The smallest absolute Gasteiger partial charge is 0.0834 e. The van der Waals surface area contributed by atoms with E-state index in [1.54, 1.807) is 0 Å². The molecule has 0 aliphatic carbocycles. The topological polar surface area (TPSA) is 49.8 Å². The van der Waals surface area contributed by atoms with E-state index in [0.717, 1.165) is 17.1 Å². The Bertz CT molecular complexity index is 370. The van der Waals surface area contributed by atoms with E-state index < -0.39 is 16.9 Å². The van der Waals surface area contributed by atoms with Crippen LogP contribution in [0.1, 0.15) is 12.0 Å². The Morgan fingerprint density at radius 1 is 1.50 bits per heavy atom. The van der Waals surface area contributed by atoms with Crippen molar-refractivity contribution in [3.05, 3.63) is 29.8 Å². The predicted octanol–water partition coefficient (Wildman–Crippen LogP) is 1.25. The summed E-state index contributed by atoms with van der Waals surface area (Å²) < 4.78 is 16.9. The molecule has 1 saturated heterocycles. The molecule has 4 heteroatoms. The SMILES string of the molecule is Cc1ccc([S@](=O)C[C@H](O)C[C@@H]2CO2)cc1. The molecule has 0 spiro atoms. The van der Waals surface area contributed by atoms with E-state index in [-0.39, 0.29) is 6.10 Å². The Morgan fingerprint density at radius 3 is 2.69 bits per heavy atom. The van der Waals surface area contributed by atoms with E-state index in [1.807, 2.05) is 31.2 Å². The third-order valence-electron chi connectivity index (χ3n) is 2.56. The van der Waals surface area contributed by atoms with Gasteiger partial charge in [0.1, 0.15) is 0 Å². The van der Waals surface area contributed by atoms with Crippen LogP contribution >= 0.6 is 0 Å². The third-order valence-corrected chi connectivity index (χ3v) is 4.05. The second-order valence-electron chi connectivity index (χ2n) is 4.17. The van der Waals surface area contributed by atoms with Crippen LogP contribution in [0.25, 0.3) is 0 Å². The first kappa shape index (κ1) is 11.8. The molecule has 3 nitrogen and oxygen atoms in total. The average molecular weight is 240 g/mol. The van der Waals surface area contributed by atoms with Crippen molar-refractivity contribution < 1.29 is 14.1 Å². The zero-order chi connectivity index (χ0) is 11.5. The first-order valence-electron chi connectivity index (χ1n) is 5.40. The summed E-state index contributed by atoms with van der Waals surface area (Å²) in [7, 11) is -1.12. The second kappa shape index (κ2) is 5.08. The van der Waals surface area contributed by atoms with Crippen molar-refractivity contribution in [2.24, 2.45) is 0 Å². The van der Waals surface area contributed by atoms with Gasteiger partial charge in [0, 0.05) is 11.3 Å². The summed E-state index contributed by atoms with van der Waals surface area (Å²) >= 11 is 0. The number of aryl methyl sites for hydroxylation is 1. The normalized spacial score (nSPS) is 22.8. The summed E-state index contributed by atoms with van der Waals surface area (Å²) in [4.78, 5) is 0.779. The Labute approximate surface area is 97.9 Å². The first-order chi connectivity index (χ1) is 7.65. The molecule has 0 amide bonds. The summed E-state index contributed by atoms with van der Waals surface area (Å²) in [5.74, 6) is 0.295. The van der Waals surface area contributed by atoms with Crippen LogP contribution in [0.4, 0.5) is 0 Å². The fourth-order valence-electron chi connectivity index (χ4n) is 1.54. The molecule has 1 fully saturated rings. The summed E-state index contributed by atoms with van der Waals surface area (Å²) in [6.45, 7) is 2.72. The van der Waals surface area contributed by atoms with Crippen molar-refractivity contribution in [1.29, 1.82) is 0 Å². The van der Waals surface area contributed by atoms with E-state index in [2.05, 4.69) is 0 Å². The maximum atomic E-state index is 11.9. The summed E-state index contributed by atoms with van der Waals surface area (Å²) in [6.07, 6.45) is 0.247. The van der Waals surface area contributed by atoms with Gasteiger partial charge in [0.05, 0.1) is 35.4 Å². The largest absolute Gasteiger partial charge is 0.392 e. The van der Waals surface area contributed by atoms with Crippen molar-refractivity contribution >= 4 is 10.8 Å². The van der Waals surface area contributed by atoms with Crippen LogP contribution in [-0.4, -0.2) is 33.9 Å². The quantitative estimate of drug-likeness (QED) is 0.788. The standard InChI is InChI=1S/C12H16O3S/c1-9-2-4-12(5-3-9)16(14)8-10(13)6-11-7-15-11/h2-5,10-11,13H,6-8H2,1H3/t10-,11-,16-/m1/s1. The molecule has 1 aliphatic heterocycles. The molecule has 1 aromatic rings. The molecule has 2 rings (SSSR count). The molecule has 3 atom stereocenters. The Balaban J connectivity index is 1.88. The van der Waals surface area contributed by atoms with Gasteiger partial charge in [-0.2, -0.15) is 0 Å². The van der Waals surface area contributed by atoms with Crippen LogP contribution in [0.2, 0.25) is 0 Å². The highest BCUT2D eigenvalue weighted by Gasteiger charge is 2.26. The fraction of sp³-hybridized carbons (Fsp3) is 0.500. The maximum Gasteiger partial charge on any atom is 0.0834 e. The van der Waals surface area contributed by atoms with Crippen LogP contribution < -0.4 is 0 Å². The number of hydrogen-bond acceptors (Lipinski definition) is 3. The average Bonchev–Trinajstić information content (AvgIpc) is 3.02. The van der Waals surface area contributed by atoms with Gasteiger partial charge in [0.2, 0.25) is 0 Å². The molecule has 0 unspecified atom stereocenters. The molecule has 0 saturated carbocycles. The number of epoxide rings is 1. The number of aliphatic hydroxyl groups excluding tert-OH is 1. The Morgan fingerprint density at radius 2 is 2.12 bits per heavy atom. The van der Waals surface area contributed by atoms with Crippen molar-refractivity contribution in [2.75, 3.05) is 12.4 Å². The predicted molar refractivity (Wildman–Crippen MR) is 62.8 cm³/mol. The summed E-state index contributed by atoms with van der Waals surface area (Å²) in [5, 5.41) is 9.67. The van der Waals surface area contributed by atoms with Gasteiger partial charge >= 0.3 is 0 Å². The first-order valence-corrected chi connectivity index (χ1v) is 6.72. The molecule has 1 N–H and O–H groups in total. The summed E-state index contributed by atoms with van der Waals surface area (Å²) in [6, 6.07) is 7.57. The van der Waals surface area contributed by atoms with Crippen LogP contribution in [0.5, 0.6) is 0 Å². The lowest BCUT2D eigenvalue weighted by Crippen LogP contribution is -2.18. The number of ether oxygens (including phenoxy) is 1. The van der Waals surface area contributed by atoms with Crippen molar-refractivity contribution in [3.8, 4) is 0 Å². The lowest BCUT2D eigenvalue weighted by Gasteiger charge is -2.08. The van der Waals surface area contributed by atoms with E-state index in [9.17, 15) is 9.32 Å². The van der Waals surface area contributed by atoms with E-state index >= 15 is 0 Å².